The standard InChI is InChI=1S/C9H16O2/c1-6(2)7(3)8(4)9(10)11-5/h6H,1-5H3/b8-7-. The van der Waals surface area contributed by atoms with Crippen molar-refractivity contribution < 1.29 is 9.53 Å². The van der Waals surface area contributed by atoms with Crippen LogP contribution in [0.25, 0.3) is 0 Å². The molecule has 0 fully saturated rings. The van der Waals surface area contributed by atoms with Crippen LogP contribution in [0.5, 0.6) is 0 Å². The minimum atomic E-state index is -0.226. The normalized spacial score (nSPS) is 12.9. The van der Waals surface area contributed by atoms with E-state index in [9.17, 15) is 4.79 Å². The molecule has 2 heteroatoms. The summed E-state index contributed by atoms with van der Waals surface area (Å²) in [7, 11) is 1.40. The maximum absolute atomic E-state index is 11.0. The number of hydrogen-bond donors (Lipinski definition) is 0. The third-order valence-electron chi connectivity index (χ3n) is 1.95. The van der Waals surface area contributed by atoms with Gasteiger partial charge in [0, 0.05) is 5.57 Å². The Morgan fingerprint density at radius 1 is 1.27 bits per heavy atom. The lowest BCUT2D eigenvalue weighted by atomic mass is 10.0. The second kappa shape index (κ2) is 4.16. The van der Waals surface area contributed by atoms with Gasteiger partial charge >= 0.3 is 5.97 Å². The van der Waals surface area contributed by atoms with Gasteiger partial charge in [0.1, 0.15) is 0 Å². The van der Waals surface area contributed by atoms with Crippen LogP contribution in [0.3, 0.4) is 0 Å². The van der Waals surface area contributed by atoms with Crippen LogP contribution in [0.15, 0.2) is 11.1 Å². The van der Waals surface area contributed by atoms with E-state index in [4.69, 9.17) is 0 Å². The number of carbonyl (C=O) groups excluding carboxylic acids is 1. The smallest absolute Gasteiger partial charge is 0.333 e. The molecular weight excluding hydrogens is 140 g/mol. The fourth-order valence-corrected chi connectivity index (χ4v) is 0.747. The molecule has 2 nitrogen and oxygen atoms in total. The molecule has 0 bridgehead atoms. The molecule has 0 saturated carbocycles. The van der Waals surface area contributed by atoms with Gasteiger partial charge in [0.05, 0.1) is 7.11 Å². The van der Waals surface area contributed by atoms with E-state index in [-0.39, 0.29) is 5.97 Å². The van der Waals surface area contributed by atoms with Gasteiger partial charge in [0.2, 0.25) is 0 Å². The fraction of sp³-hybridized carbons (Fsp3) is 0.667. The highest BCUT2D eigenvalue weighted by atomic mass is 16.5. The Labute approximate surface area is 68.2 Å². The number of esters is 1. The van der Waals surface area contributed by atoms with Gasteiger partial charge < -0.3 is 4.74 Å². The van der Waals surface area contributed by atoms with Crippen molar-refractivity contribution in [3.63, 3.8) is 0 Å². The Hall–Kier alpha value is -0.790. The quantitative estimate of drug-likeness (QED) is 0.452. The van der Waals surface area contributed by atoms with Gasteiger partial charge in [0.15, 0.2) is 0 Å². The van der Waals surface area contributed by atoms with Crippen LogP contribution in [-0.2, 0) is 9.53 Å². The second-order valence-electron chi connectivity index (χ2n) is 2.95. The van der Waals surface area contributed by atoms with E-state index in [2.05, 4.69) is 18.6 Å². The van der Waals surface area contributed by atoms with Gasteiger partial charge in [-0.05, 0) is 19.8 Å². The Morgan fingerprint density at radius 2 is 1.73 bits per heavy atom. The van der Waals surface area contributed by atoms with Gasteiger partial charge in [0.25, 0.3) is 0 Å². The Balaban J connectivity index is 4.52. The first-order valence-corrected chi connectivity index (χ1v) is 3.76. The topological polar surface area (TPSA) is 26.3 Å². The van der Waals surface area contributed by atoms with Gasteiger partial charge in [-0.15, -0.1) is 0 Å². The fourth-order valence-electron chi connectivity index (χ4n) is 0.747. The first-order valence-electron chi connectivity index (χ1n) is 3.76. The molecule has 0 aliphatic carbocycles. The van der Waals surface area contributed by atoms with Gasteiger partial charge in [-0.25, -0.2) is 4.79 Å². The molecule has 0 heterocycles. The number of allylic oxidation sites excluding steroid dienone is 1. The molecule has 0 atom stereocenters. The van der Waals surface area contributed by atoms with Crippen LogP contribution in [0.4, 0.5) is 0 Å². The predicted octanol–water partition coefficient (Wildman–Crippen LogP) is 2.15. The summed E-state index contributed by atoms with van der Waals surface area (Å²) >= 11 is 0. The van der Waals surface area contributed by atoms with Crippen LogP contribution in [0.2, 0.25) is 0 Å². The molecule has 0 aromatic carbocycles. The molecule has 11 heavy (non-hydrogen) atoms. The van der Waals surface area contributed by atoms with Gasteiger partial charge in [-0.2, -0.15) is 0 Å². The molecule has 64 valence electrons. The number of ether oxygens (including phenoxy) is 1. The molecule has 0 aromatic rings. The maximum atomic E-state index is 11.0. The van der Waals surface area contributed by atoms with Crippen molar-refractivity contribution >= 4 is 5.97 Å². The van der Waals surface area contributed by atoms with Crippen LogP contribution in [0.1, 0.15) is 27.7 Å². The highest BCUT2D eigenvalue weighted by Crippen LogP contribution is 2.14. The average Bonchev–Trinajstić information content (AvgIpc) is 2.00. The van der Waals surface area contributed by atoms with E-state index >= 15 is 0 Å². The summed E-state index contributed by atoms with van der Waals surface area (Å²) in [6, 6.07) is 0. The van der Waals surface area contributed by atoms with Crippen LogP contribution < -0.4 is 0 Å². The van der Waals surface area contributed by atoms with E-state index < -0.39 is 0 Å². The van der Waals surface area contributed by atoms with Crippen LogP contribution >= 0.6 is 0 Å². The molecule has 0 spiro atoms. The third kappa shape index (κ3) is 2.74. The first-order chi connectivity index (χ1) is 5.00. The highest BCUT2D eigenvalue weighted by molar-refractivity contribution is 5.88. The van der Waals surface area contributed by atoms with Crippen molar-refractivity contribution in [2.24, 2.45) is 5.92 Å². The largest absolute Gasteiger partial charge is 0.466 e. The average molecular weight is 156 g/mol. The minimum absolute atomic E-state index is 0.226. The predicted molar refractivity (Wildman–Crippen MR) is 45.2 cm³/mol. The maximum Gasteiger partial charge on any atom is 0.333 e. The number of methoxy groups -OCH3 is 1. The van der Waals surface area contributed by atoms with E-state index in [0.29, 0.717) is 5.92 Å². The molecule has 0 aliphatic rings. The summed E-state index contributed by atoms with van der Waals surface area (Å²) in [6.45, 7) is 7.86. The second-order valence-corrected chi connectivity index (χ2v) is 2.95. The Kier molecular flexibility index (Phi) is 3.86. The van der Waals surface area contributed by atoms with Crippen LogP contribution in [-0.4, -0.2) is 13.1 Å². The number of hydrogen-bond acceptors (Lipinski definition) is 2. The molecule has 0 aliphatic heterocycles. The summed E-state index contributed by atoms with van der Waals surface area (Å²) in [5.74, 6) is 0.185. The molecule has 0 saturated heterocycles. The molecule has 0 radical (unpaired) electrons. The molecular formula is C9H16O2. The van der Waals surface area contributed by atoms with E-state index in [1.165, 1.54) is 7.11 Å². The molecule has 0 N–H and O–H groups in total. The monoisotopic (exact) mass is 156 g/mol. The first kappa shape index (κ1) is 10.2. The summed E-state index contributed by atoms with van der Waals surface area (Å²) in [4.78, 5) is 11.0. The summed E-state index contributed by atoms with van der Waals surface area (Å²) in [5, 5.41) is 0. The molecule has 0 amide bonds. The zero-order valence-electron chi connectivity index (χ0n) is 7.89. The Bertz CT molecular complexity index is 178. The number of rotatable bonds is 2. The zero-order chi connectivity index (χ0) is 9.02. The minimum Gasteiger partial charge on any atom is -0.466 e. The van der Waals surface area contributed by atoms with E-state index in [1.54, 1.807) is 6.92 Å². The lowest BCUT2D eigenvalue weighted by molar-refractivity contribution is -0.136. The lowest BCUT2D eigenvalue weighted by Gasteiger charge is -2.08. The van der Waals surface area contributed by atoms with Crippen molar-refractivity contribution in [3.8, 4) is 0 Å². The van der Waals surface area contributed by atoms with Crippen molar-refractivity contribution in [3.05, 3.63) is 11.1 Å². The summed E-state index contributed by atoms with van der Waals surface area (Å²) in [5.41, 5.74) is 1.82. The molecule has 0 aromatic heterocycles. The molecule has 0 unspecified atom stereocenters. The Morgan fingerprint density at radius 3 is 2.00 bits per heavy atom. The van der Waals surface area contributed by atoms with E-state index in [1.807, 2.05) is 6.92 Å². The van der Waals surface area contributed by atoms with Crippen molar-refractivity contribution in [2.75, 3.05) is 7.11 Å². The third-order valence-corrected chi connectivity index (χ3v) is 1.95. The lowest BCUT2D eigenvalue weighted by Crippen LogP contribution is -2.06. The highest BCUT2D eigenvalue weighted by Gasteiger charge is 2.09. The van der Waals surface area contributed by atoms with Crippen molar-refractivity contribution in [2.45, 2.75) is 27.7 Å². The van der Waals surface area contributed by atoms with E-state index in [0.717, 1.165) is 11.1 Å². The SMILES string of the molecule is COC(=O)/C(C)=C(/C)C(C)C. The van der Waals surface area contributed by atoms with Crippen molar-refractivity contribution in [1.82, 2.24) is 0 Å². The van der Waals surface area contributed by atoms with Crippen LogP contribution in [0, 0.1) is 5.92 Å². The molecule has 0 rings (SSSR count). The summed E-state index contributed by atoms with van der Waals surface area (Å²) in [6.07, 6.45) is 0. The van der Waals surface area contributed by atoms with Crippen molar-refractivity contribution in [1.29, 1.82) is 0 Å². The zero-order valence-corrected chi connectivity index (χ0v) is 7.89. The summed E-state index contributed by atoms with van der Waals surface area (Å²) < 4.78 is 4.59. The number of carbonyl (C=O) groups is 1. The van der Waals surface area contributed by atoms with Gasteiger partial charge in [-0.1, -0.05) is 19.4 Å². The van der Waals surface area contributed by atoms with Gasteiger partial charge in [-0.3, -0.25) is 0 Å².